The average Bonchev–Trinajstić information content (AvgIpc) is 2.63. The zero-order valence-corrected chi connectivity index (χ0v) is 14.3. The molecule has 0 saturated carbocycles. The Morgan fingerprint density at radius 3 is 2.39 bits per heavy atom. The molecular weight excluding hydrogens is 284 g/mol. The topological polar surface area (TPSA) is 36.3 Å². The number of ether oxygens (including phenoxy) is 1. The Hall–Kier alpha value is -1.37. The number of nitriles is 1. The van der Waals surface area contributed by atoms with E-state index in [4.69, 9.17) is 10.00 Å². The van der Waals surface area contributed by atoms with E-state index in [0.29, 0.717) is 5.41 Å². The van der Waals surface area contributed by atoms with Crippen molar-refractivity contribution in [2.45, 2.75) is 45.6 Å². The van der Waals surface area contributed by atoms with Crippen LogP contribution in [0.4, 0.5) is 0 Å². The minimum atomic E-state index is 0.540. The third-order valence-corrected chi connectivity index (χ3v) is 6.14. The molecule has 23 heavy (non-hydrogen) atoms. The van der Waals surface area contributed by atoms with Gasteiger partial charge in [-0.25, -0.2) is 0 Å². The maximum atomic E-state index is 8.88. The maximum absolute atomic E-state index is 8.88. The minimum Gasteiger partial charge on any atom is -0.381 e. The summed E-state index contributed by atoms with van der Waals surface area (Å²) in [6, 6.07) is 10.2. The van der Waals surface area contributed by atoms with Crippen molar-refractivity contribution in [1.82, 2.24) is 4.90 Å². The smallest absolute Gasteiger partial charge is 0.0991 e. The SMILES string of the molecule is CCC1(C2CCN(Cc3ccc(C#N)cc3)CC2)CCOCC1. The third-order valence-electron chi connectivity index (χ3n) is 6.14. The molecule has 0 atom stereocenters. The van der Waals surface area contributed by atoms with Crippen molar-refractivity contribution in [1.29, 1.82) is 5.26 Å². The Bertz CT molecular complexity index is 532. The van der Waals surface area contributed by atoms with Crippen molar-refractivity contribution in [3.05, 3.63) is 35.4 Å². The number of rotatable bonds is 4. The molecule has 2 aliphatic heterocycles. The summed E-state index contributed by atoms with van der Waals surface area (Å²) in [4.78, 5) is 2.57. The molecule has 2 aliphatic rings. The molecule has 3 rings (SSSR count). The van der Waals surface area contributed by atoms with E-state index in [2.05, 4.69) is 30.0 Å². The molecule has 0 amide bonds. The molecule has 0 radical (unpaired) electrons. The predicted octanol–water partition coefficient (Wildman–Crippen LogP) is 3.98. The van der Waals surface area contributed by atoms with Crippen molar-refractivity contribution in [2.75, 3.05) is 26.3 Å². The van der Waals surface area contributed by atoms with Crippen molar-refractivity contribution in [2.24, 2.45) is 11.3 Å². The fourth-order valence-electron chi connectivity index (χ4n) is 4.47. The molecule has 0 bridgehead atoms. The normalized spacial score (nSPS) is 22.6. The van der Waals surface area contributed by atoms with Crippen molar-refractivity contribution < 1.29 is 4.74 Å². The second-order valence-electron chi connectivity index (χ2n) is 7.19. The molecule has 0 spiro atoms. The highest BCUT2D eigenvalue weighted by molar-refractivity contribution is 5.31. The molecule has 0 aliphatic carbocycles. The van der Waals surface area contributed by atoms with Crippen LogP contribution in [0.3, 0.4) is 0 Å². The van der Waals surface area contributed by atoms with Gasteiger partial charge in [0, 0.05) is 19.8 Å². The number of nitrogens with zero attached hydrogens (tertiary/aromatic N) is 2. The fraction of sp³-hybridized carbons (Fsp3) is 0.650. The number of hydrogen-bond acceptors (Lipinski definition) is 3. The molecule has 0 unspecified atom stereocenters. The van der Waals surface area contributed by atoms with Gasteiger partial charge in [0.25, 0.3) is 0 Å². The van der Waals surface area contributed by atoms with Gasteiger partial charge < -0.3 is 4.74 Å². The van der Waals surface area contributed by atoms with E-state index in [1.54, 1.807) is 0 Å². The van der Waals surface area contributed by atoms with Gasteiger partial charge in [-0.3, -0.25) is 4.90 Å². The summed E-state index contributed by atoms with van der Waals surface area (Å²) in [5, 5.41) is 8.88. The molecule has 2 fully saturated rings. The summed E-state index contributed by atoms with van der Waals surface area (Å²) in [7, 11) is 0. The molecule has 124 valence electrons. The third kappa shape index (κ3) is 3.76. The number of benzene rings is 1. The van der Waals surface area contributed by atoms with Gasteiger partial charge in [-0.1, -0.05) is 25.5 Å². The lowest BCUT2D eigenvalue weighted by atomic mass is 9.65. The summed E-state index contributed by atoms with van der Waals surface area (Å²) >= 11 is 0. The lowest BCUT2D eigenvalue weighted by Gasteiger charge is -2.46. The highest BCUT2D eigenvalue weighted by Crippen LogP contribution is 2.45. The summed E-state index contributed by atoms with van der Waals surface area (Å²) in [6.45, 7) is 7.70. The van der Waals surface area contributed by atoms with E-state index < -0.39 is 0 Å². The van der Waals surface area contributed by atoms with Crippen LogP contribution in [-0.4, -0.2) is 31.2 Å². The first-order chi connectivity index (χ1) is 11.3. The van der Waals surface area contributed by atoms with Gasteiger partial charge in [-0.05, 0) is 67.8 Å². The zero-order chi connectivity index (χ0) is 16.1. The standard InChI is InChI=1S/C20H28N2O/c1-2-20(9-13-23-14-10-20)19-7-11-22(12-8-19)16-18-5-3-17(15-21)4-6-18/h3-6,19H,2,7-14,16H2,1H3. The van der Waals surface area contributed by atoms with Crippen LogP contribution in [0, 0.1) is 22.7 Å². The van der Waals surface area contributed by atoms with Crippen molar-refractivity contribution >= 4 is 0 Å². The van der Waals surface area contributed by atoms with Gasteiger partial charge in [-0.2, -0.15) is 5.26 Å². The summed E-state index contributed by atoms with van der Waals surface area (Å²) in [6.07, 6.45) is 6.46. The Labute approximate surface area is 140 Å². The van der Waals surface area contributed by atoms with Crippen LogP contribution in [-0.2, 0) is 11.3 Å². The van der Waals surface area contributed by atoms with E-state index in [1.165, 1.54) is 50.8 Å². The molecule has 2 saturated heterocycles. The van der Waals surface area contributed by atoms with Gasteiger partial charge in [0.2, 0.25) is 0 Å². The van der Waals surface area contributed by atoms with Gasteiger partial charge in [0.05, 0.1) is 11.6 Å². The zero-order valence-electron chi connectivity index (χ0n) is 14.3. The minimum absolute atomic E-state index is 0.540. The second-order valence-corrected chi connectivity index (χ2v) is 7.19. The predicted molar refractivity (Wildman–Crippen MR) is 91.9 cm³/mol. The van der Waals surface area contributed by atoms with Crippen LogP contribution in [0.2, 0.25) is 0 Å². The van der Waals surface area contributed by atoms with Crippen LogP contribution in [0.1, 0.15) is 50.2 Å². The molecule has 0 aromatic heterocycles. The second kappa shape index (κ2) is 7.47. The first kappa shape index (κ1) is 16.5. The molecule has 0 N–H and O–H groups in total. The van der Waals surface area contributed by atoms with Crippen LogP contribution in [0.5, 0.6) is 0 Å². The van der Waals surface area contributed by atoms with Gasteiger partial charge in [0.1, 0.15) is 0 Å². The molecular formula is C20H28N2O. The van der Waals surface area contributed by atoms with Gasteiger partial charge in [-0.15, -0.1) is 0 Å². The monoisotopic (exact) mass is 312 g/mol. The Morgan fingerprint density at radius 1 is 1.17 bits per heavy atom. The Morgan fingerprint density at radius 2 is 1.83 bits per heavy atom. The quantitative estimate of drug-likeness (QED) is 0.844. The summed E-state index contributed by atoms with van der Waals surface area (Å²) in [5.41, 5.74) is 2.61. The van der Waals surface area contributed by atoms with Crippen LogP contribution < -0.4 is 0 Å². The van der Waals surface area contributed by atoms with E-state index in [1.807, 2.05) is 12.1 Å². The average molecular weight is 312 g/mol. The van der Waals surface area contributed by atoms with Crippen LogP contribution in [0.25, 0.3) is 0 Å². The number of piperidine rings is 1. The highest BCUT2D eigenvalue weighted by Gasteiger charge is 2.39. The fourth-order valence-corrected chi connectivity index (χ4v) is 4.47. The van der Waals surface area contributed by atoms with Crippen molar-refractivity contribution in [3.63, 3.8) is 0 Å². The largest absolute Gasteiger partial charge is 0.381 e. The van der Waals surface area contributed by atoms with Gasteiger partial charge >= 0.3 is 0 Å². The van der Waals surface area contributed by atoms with E-state index >= 15 is 0 Å². The lowest BCUT2D eigenvalue weighted by molar-refractivity contribution is -0.0391. The molecule has 3 nitrogen and oxygen atoms in total. The molecule has 1 aromatic carbocycles. The van der Waals surface area contributed by atoms with E-state index in [9.17, 15) is 0 Å². The molecule has 1 aromatic rings. The number of likely N-dealkylation sites (tertiary alicyclic amines) is 1. The lowest BCUT2D eigenvalue weighted by Crippen LogP contribution is -2.43. The van der Waals surface area contributed by atoms with Gasteiger partial charge in [0.15, 0.2) is 0 Å². The first-order valence-electron chi connectivity index (χ1n) is 9.05. The molecule has 2 heterocycles. The Balaban J connectivity index is 1.54. The highest BCUT2D eigenvalue weighted by atomic mass is 16.5. The van der Waals surface area contributed by atoms with Crippen LogP contribution in [0.15, 0.2) is 24.3 Å². The van der Waals surface area contributed by atoms with E-state index in [0.717, 1.165) is 31.2 Å². The summed E-state index contributed by atoms with van der Waals surface area (Å²) < 4.78 is 5.60. The molecule has 3 heteroatoms. The van der Waals surface area contributed by atoms with E-state index in [-0.39, 0.29) is 0 Å². The maximum Gasteiger partial charge on any atom is 0.0991 e. The van der Waals surface area contributed by atoms with Crippen molar-refractivity contribution in [3.8, 4) is 6.07 Å². The first-order valence-corrected chi connectivity index (χ1v) is 9.05. The number of hydrogen-bond donors (Lipinski definition) is 0. The van der Waals surface area contributed by atoms with Crippen LogP contribution >= 0.6 is 0 Å². The summed E-state index contributed by atoms with van der Waals surface area (Å²) in [5.74, 6) is 0.869. The Kier molecular flexibility index (Phi) is 5.35.